The molecule has 1 aromatic carbocycles. The van der Waals surface area contributed by atoms with E-state index in [-0.39, 0.29) is 11.6 Å². The molecule has 0 aromatic heterocycles. The molecule has 1 saturated heterocycles. The van der Waals surface area contributed by atoms with Gasteiger partial charge in [0.1, 0.15) is 0 Å². The van der Waals surface area contributed by atoms with Crippen LogP contribution in [0.5, 0.6) is 0 Å². The number of carbonyl (C=O) groups excluding carboxylic acids is 1. The molecule has 0 radical (unpaired) electrons. The van der Waals surface area contributed by atoms with Gasteiger partial charge < -0.3 is 9.64 Å². The molecular weight excluding hydrogens is 330 g/mol. The van der Waals surface area contributed by atoms with Crippen molar-refractivity contribution in [1.29, 1.82) is 0 Å². The minimum Gasteiger partial charge on any atom is -0.378 e. The molecule has 2 aliphatic heterocycles. The van der Waals surface area contributed by atoms with Crippen LogP contribution in [0, 0.1) is 10.1 Å². The number of hydrogen-bond donors (Lipinski definition) is 0. The fourth-order valence-electron chi connectivity index (χ4n) is 2.34. The van der Waals surface area contributed by atoms with Gasteiger partial charge >= 0.3 is 0 Å². The van der Waals surface area contributed by atoms with Crippen molar-refractivity contribution in [3.63, 3.8) is 0 Å². The van der Waals surface area contributed by atoms with E-state index in [1.807, 2.05) is 4.90 Å². The Morgan fingerprint density at radius 1 is 1.29 bits per heavy atom. The number of thioether (sulfide) groups is 1. The van der Waals surface area contributed by atoms with Gasteiger partial charge in [0.25, 0.3) is 11.6 Å². The van der Waals surface area contributed by atoms with Crippen LogP contribution in [0.2, 0.25) is 0 Å². The lowest BCUT2D eigenvalue weighted by molar-refractivity contribution is -0.385. The Morgan fingerprint density at radius 3 is 2.79 bits per heavy atom. The number of carbonyl (C=O) groups is 1. The summed E-state index contributed by atoms with van der Waals surface area (Å²) in [5.74, 6) is -0.284. The average molecular weight is 345 g/mol. The van der Waals surface area contributed by atoms with Gasteiger partial charge in [-0.15, -0.1) is 0 Å². The molecule has 1 fully saturated rings. The van der Waals surface area contributed by atoms with E-state index in [1.165, 1.54) is 17.8 Å². The second-order valence-electron chi connectivity index (χ2n) is 5.11. The SMILES string of the molecule is O=C1N=C(N2CCOCC2)S/C1=C\C=C\c1ccccc1[N+](=O)[O-]. The first-order valence-corrected chi connectivity index (χ1v) is 8.22. The zero-order chi connectivity index (χ0) is 16.9. The maximum absolute atomic E-state index is 12.0. The van der Waals surface area contributed by atoms with Crippen LogP contribution in [0.3, 0.4) is 0 Å². The summed E-state index contributed by atoms with van der Waals surface area (Å²) in [7, 11) is 0. The number of benzene rings is 1. The Kier molecular flexibility index (Phi) is 5.07. The summed E-state index contributed by atoms with van der Waals surface area (Å²) in [4.78, 5) is 29.1. The average Bonchev–Trinajstić information content (AvgIpc) is 2.97. The summed E-state index contributed by atoms with van der Waals surface area (Å²) in [5.41, 5.74) is 0.520. The quantitative estimate of drug-likeness (QED) is 0.475. The molecule has 0 atom stereocenters. The monoisotopic (exact) mass is 345 g/mol. The third-order valence-electron chi connectivity index (χ3n) is 3.55. The number of hydrogen-bond acceptors (Lipinski definition) is 6. The molecule has 124 valence electrons. The summed E-state index contributed by atoms with van der Waals surface area (Å²) < 4.78 is 5.29. The number of amides is 1. The number of nitro benzene ring substituents is 1. The maximum Gasteiger partial charge on any atom is 0.286 e. The second kappa shape index (κ2) is 7.41. The molecule has 8 heteroatoms. The Labute approximate surface area is 142 Å². The minimum absolute atomic E-state index is 0.0304. The van der Waals surface area contributed by atoms with Gasteiger partial charge in [-0.1, -0.05) is 18.2 Å². The van der Waals surface area contributed by atoms with E-state index in [2.05, 4.69) is 4.99 Å². The van der Waals surface area contributed by atoms with Crippen molar-refractivity contribution in [2.45, 2.75) is 0 Å². The van der Waals surface area contributed by atoms with Gasteiger partial charge in [-0.25, -0.2) is 0 Å². The molecule has 2 aliphatic rings. The first-order chi connectivity index (χ1) is 11.6. The molecule has 0 bridgehead atoms. The van der Waals surface area contributed by atoms with Crippen LogP contribution in [0.1, 0.15) is 5.56 Å². The first kappa shape index (κ1) is 16.4. The Hall–Kier alpha value is -2.45. The van der Waals surface area contributed by atoms with Crippen molar-refractivity contribution >= 4 is 34.6 Å². The van der Waals surface area contributed by atoms with E-state index in [0.717, 1.165) is 13.1 Å². The molecule has 1 aromatic rings. The fourth-order valence-corrected chi connectivity index (χ4v) is 3.25. The molecule has 24 heavy (non-hydrogen) atoms. The third kappa shape index (κ3) is 3.72. The largest absolute Gasteiger partial charge is 0.378 e. The molecule has 0 N–H and O–H groups in total. The van der Waals surface area contributed by atoms with Gasteiger partial charge in [0.2, 0.25) is 0 Å². The first-order valence-electron chi connectivity index (χ1n) is 7.40. The van der Waals surface area contributed by atoms with E-state index in [1.54, 1.807) is 36.4 Å². The second-order valence-corrected chi connectivity index (χ2v) is 6.12. The number of amidine groups is 1. The topological polar surface area (TPSA) is 85.0 Å². The smallest absolute Gasteiger partial charge is 0.286 e. The standard InChI is InChI=1S/C16H15N3O4S/c20-15-14(24-16(17-15)18-8-10-23-11-9-18)7-3-5-12-4-1-2-6-13(12)19(21)22/h1-7H,8-11H2/b5-3+,14-7-. The molecule has 7 nitrogen and oxygen atoms in total. The number of ether oxygens (including phenoxy) is 1. The highest BCUT2D eigenvalue weighted by atomic mass is 32.2. The Balaban J connectivity index is 1.70. The van der Waals surface area contributed by atoms with Gasteiger partial charge in [-0.05, 0) is 30.0 Å². The van der Waals surface area contributed by atoms with Crippen LogP contribution in [0.25, 0.3) is 6.08 Å². The van der Waals surface area contributed by atoms with E-state index in [9.17, 15) is 14.9 Å². The van der Waals surface area contributed by atoms with Crippen molar-refractivity contribution in [3.8, 4) is 0 Å². The Bertz CT molecular complexity index is 751. The van der Waals surface area contributed by atoms with Crippen molar-refractivity contribution < 1.29 is 14.5 Å². The van der Waals surface area contributed by atoms with Gasteiger partial charge in [0.15, 0.2) is 5.17 Å². The number of rotatable bonds is 3. The summed E-state index contributed by atoms with van der Waals surface area (Å²) >= 11 is 1.32. The zero-order valence-corrected chi connectivity index (χ0v) is 13.6. The number of para-hydroxylation sites is 1. The van der Waals surface area contributed by atoms with Gasteiger partial charge in [-0.3, -0.25) is 14.9 Å². The summed E-state index contributed by atoms with van der Waals surface area (Å²) in [5, 5.41) is 11.7. The molecular formula is C16H15N3O4S. The number of nitro groups is 1. The summed E-state index contributed by atoms with van der Waals surface area (Å²) in [6, 6.07) is 6.45. The van der Waals surface area contributed by atoms with Crippen molar-refractivity contribution in [1.82, 2.24) is 4.90 Å². The summed E-state index contributed by atoms with van der Waals surface area (Å²) in [6.45, 7) is 2.70. The lowest BCUT2D eigenvalue weighted by Crippen LogP contribution is -2.38. The van der Waals surface area contributed by atoms with E-state index in [4.69, 9.17) is 4.74 Å². The van der Waals surface area contributed by atoms with E-state index >= 15 is 0 Å². The highest BCUT2D eigenvalue weighted by Gasteiger charge is 2.26. The number of aliphatic imine (C=N–C) groups is 1. The molecule has 0 unspecified atom stereocenters. The normalized spacial score (nSPS) is 20.0. The molecule has 0 saturated carbocycles. The molecule has 0 aliphatic carbocycles. The highest BCUT2D eigenvalue weighted by molar-refractivity contribution is 8.18. The molecule has 1 amide bonds. The number of morpholine rings is 1. The van der Waals surface area contributed by atoms with E-state index in [0.29, 0.717) is 28.9 Å². The van der Waals surface area contributed by atoms with Crippen LogP contribution in [0.15, 0.2) is 46.3 Å². The van der Waals surface area contributed by atoms with Crippen LogP contribution < -0.4 is 0 Å². The predicted molar refractivity (Wildman–Crippen MR) is 92.6 cm³/mol. The zero-order valence-electron chi connectivity index (χ0n) is 12.8. The predicted octanol–water partition coefficient (Wildman–Crippen LogP) is 2.45. The number of nitrogens with zero attached hydrogens (tertiary/aromatic N) is 3. The van der Waals surface area contributed by atoms with E-state index < -0.39 is 4.92 Å². The molecule has 0 spiro atoms. The molecule has 2 heterocycles. The molecule has 3 rings (SSSR count). The third-order valence-corrected chi connectivity index (χ3v) is 4.61. The van der Waals surface area contributed by atoms with Gasteiger partial charge in [-0.2, -0.15) is 4.99 Å². The highest BCUT2D eigenvalue weighted by Crippen LogP contribution is 2.29. The maximum atomic E-state index is 12.0. The lowest BCUT2D eigenvalue weighted by Gasteiger charge is -2.27. The Morgan fingerprint density at radius 2 is 2.04 bits per heavy atom. The van der Waals surface area contributed by atoms with Crippen LogP contribution in [-0.2, 0) is 9.53 Å². The van der Waals surface area contributed by atoms with Gasteiger partial charge in [0, 0.05) is 19.2 Å². The van der Waals surface area contributed by atoms with Crippen LogP contribution in [0.4, 0.5) is 5.69 Å². The summed E-state index contributed by atoms with van der Waals surface area (Å²) in [6.07, 6.45) is 4.90. The van der Waals surface area contributed by atoms with Crippen molar-refractivity contribution in [2.75, 3.05) is 26.3 Å². The lowest BCUT2D eigenvalue weighted by atomic mass is 10.1. The van der Waals surface area contributed by atoms with Crippen LogP contribution >= 0.6 is 11.8 Å². The van der Waals surface area contributed by atoms with Crippen LogP contribution in [-0.4, -0.2) is 47.2 Å². The number of allylic oxidation sites excluding steroid dienone is 2. The van der Waals surface area contributed by atoms with Gasteiger partial charge in [0.05, 0.1) is 28.6 Å². The fraction of sp³-hybridized carbons (Fsp3) is 0.250. The van der Waals surface area contributed by atoms with Crippen molar-refractivity contribution in [3.05, 3.63) is 57.0 Å². The minimum atomic E-state index is -0.429. The van der Waals surface area contributed by atoms with Crippen molar-refractivity contribution in [2.24, 2.45) is 4.99 Å².